The molecule has 0 unspecified atom stereocenters. The van der Waals surface area contributed by atoms with Gasteiger partial charge in [0, 0.05) is 25.6 Å². The van der Waals surface area contributed by atoms with E-state index in [1.165, 1.54) is 0 Å². The number of aromatic nitrogens is 2. The predicted molar refractivity (Wildman–Crippen MR) is 73.9 cm³/mol. The normalized spacial score (nSPS) is 10.5. The molecule has 18 heavy (non-hydrogen) atoms. The highest BCUT2D eigenvalue weighted by molar-refractivity contribution is 5.75. The van der Waals surface area contributed by atoms with E-state index >= 15 is 0 Å². The molecule has 0 bridgehead atoms. The van der Waals surface area contributed by atoms with Gasteiger partial charge in [0.15, 0.2) is 0 Å². The summed E-state index contributed by atoms with van der Waals surface area (Å²) in [5.74, 6) is 3.03. The first-order valence-corrected chi connectivity index (χ1v) is 6.30. The molecular formula is C13H22N4O. The Bertz CT molecular complexity index is 404. The lowest BCUT2D eigenvalue weighted by Gasteiger charge is -2.11. The van der Waals surface area contributed by atoms with Gasteiger partial charge in [0.1, 0.15) is 23.2 Å². The topological polar surface area (TPSA) is 66.9 Å². The summed E-state index contributed by atoms with van der Waals surface area (Å²) < 4.78 is 0. The average Bonchev–Trinajstić information content (AvgIpc) is 2.25. The highest BCUT2D eigenvalue weighted by Gasteiger charge is 2.02. The third-order valence-corrected chi connectivity index (χ3v) is 2.31. The Hall–Kier alpha value is -1.65. The van der Waals surface area contributed by atoms with Crippen LogP contribution in [-0.2, 0) is 4.79 Å². The van der Waals surface area contributed by atoms with Gasteiger partial charge in [-0.2, -0.15) is 0 Å². The van der Waals surface area contributed by atoms with E-state index in [4.69, 9.17) is 0 Å². The van der Waals surface area contributed by atoms with Crippen molar-refractivity contribution in [1.82, 2.24) is 9.97 Å². The first-order chi connectivity index (χ1) is 8.47. The quantitative estimate of drug-likeness (QED) is 0.777. The molecule has 0 fully saturated rings. The zero-order valence-electron chi connectivity index (χ0n) is 11.6. The number of ketones is 1. The van der Waals surface area contributed by atoms with Crippen LogP contribution >= 0.6 is 0 Å². The largest absolute Gasteiger partial charge is 0.370 e. The number of anilines is 2. The fourth-order valence-corrected chi connectivity index (χ4v) is 1.42. The summed E-state index contributed by atoms with van der Waals surface area (Å²) in [4.78, 5) is 19.5. The molecule has 0 aliphatic rings. The van der Waals surface area contributed by atoms with Crippen LogP contribution in [0.1, 0.15) is 33.0 Å². The Balaban J connectivity index is 2.59. The Morgan fingerprint density at radius 3 is 2.44 bits per heavy atom. The number of rotatable bonds is 7. The lowest BCUT2D eigenvalue weighted by atomic mass is 10.2. The summed E-state index contributed by atoms with van der Waals surface area (Å²) in [5, 5.41) is 6.40. The molecule has 1 heterocycles. The van der Waals surface area contributed by atoms with E-state index in [2.05, 4.69) is 34.4 Å². The molecular weight excluding hydrogens is 228 g/mol. The first kappa shape index (κ1) is 14.4. The standard InChI is InChI=1S/C13H22N4O/c1-9(2)8-15-13-7-12(16-11(4)17-13)14-6-5-10(3)18/h7,9H,5-6,8H2,1-4H3,(H2,14,15,16,17). The van der Waals surface area contributed by atoms with Crippen LogP contribution in [0.2, 0.25) is 0 Å². The second-order valence-corrected chi connectivity index (χ2v) is 4.84. The number of aryl methyl sites for hydroxylation is 1. The van der Waals surface area contributed by atoms with Crippen molar-refractivity contribution in [2.75, 3.05) is 23.7 Å². The third-order valence-electron chi connectivity index (χ3n) is 2.31. The molecule has 1 aromatic rings. The number of nitrogens with zero attached hydrogens (tertiary/aromatic N) is 2. The molecule has 0 saturated carbocycles. The van der Waals surface area contributed by atoms with Crippen molar-refractivity contribution in [2.24, 2.45) is 5.92 Å². The molecule has 0 aromatic carbocycles. The van der Waals surface area contributed by atoms with Gasteiger partial charge >= 0.3 is 0 Å². The second-order valence-electron chi connectivity index (χ2n) is 4.84. The second kappa shape index (κ2) is 6.93. The third kappa shape index (κ3) is 5.61. The van der Waals surface area contributed by atoms with Crippen LogP contribution < -0.4 is 10.6 Å². The van der Waals surface area contributed by atoms with E-state index < -0.39 is 0 Å². The van der Waals surface area contributed by atoms with Gasteiger partial charge in [0.05, 0.1) is 0 Å². The maximum atomic E-state index is 10.9. The molecule has 0 atom stereocenters. The zero-order chi connectivity index (χ0) is 13.5. The van der Waals surface area contributed by atoms with Crippen LogP contribution in [0.4, 0.5) is 11.6 Å². The van der Waals surface area contributed by atoms with E-state index in [0.29, 0.717) is 24.7 Å². The molecule has 100 valence electrons. The fourth-order valence-electron chi connectivity index (χ4n) is 1.42. The SMILES string of the molecule is CC(=O)CCNc1cc(NCC(C)C)nc(C)n1. The summed E-state index contributed by atoms with van der Waals surface area (Å²) in [6.07, 6.45) is 0.512. The predicted octanol–water partition coefficient (Wildman–Crippen LogP) is 2.24. The van der Waals surface area contributed by atoms with Crippen LogP contribution in [-0.4, -0.2) is 28.8 Å². The number of nitrogens with one attached hydrogen (secondary N) is 2. The van der Waals surface area contributed by atoms with Crippen molar-refractivity contribution in [1.29, 1.82) is 0 Å². The number of hydrogen-bond donors (Lipinski definition) is 2. The molecule has 5 heteroatoms. The van der Waals surface area contributed by atoms with Crippen molar-refractivity contribution < 1.29 is 4.79 Å². The van der Waals surface area contributed by atoms with Crippen molar-refractivity contribution in [3.8, 4) is 0 Å². The highest BCUT2D eigenvalue weighted by Crippen LogP contribution is 2.11. The fraction of sp³-hybridized carbons (Fsp3) is 0.615. The average molecular weight is 250 g/mol. The zero-order valence-corrected chi connectivity index (χ0v) is 11.6. The maximum Gasteiger partial charge on any atom is 0.131 e. The van der Waals surface area contributed by atoms with Crippen LogP contribution in [0.5, 0.6) is 0 Å². The van der Waals surface area contributed by atoms with Crippen molar-refractivity contribution in [2.45, 2.75) is 34.1 Å². The van der Waals surface area contributed by atoms with Gasteiger partial charge in [0.25, 0.3) is 0 Å². The van der Waals surface area contributed by atoms with Crippen LogP contribution in [0.15, 0.2) is 6.07 Å². The highest BCUT2D eigenvalue weighted by atomic mass is 16.1. The van der Waals surface area contributed by atoms with Crippen LogP contribution in [0, 0.1) is 12.8 Å². The summed E-state index contributed by atoms with van der Waals surface area (Å²) in [5.41, 5.74) is 0. The van der Waals surface area contributed by atoms with Gasteiger partial charge in [0.2, 0.25) is 0 Å². The number of carbonyl (C=O) groups is 1. The van der Waals surface area contributed by atoms with Gasteiger partial charge < -0.3 is 10.6 Å². The molecule has 0 aliphatic carbocycles. The Morgan fingerprint density at radius 2 is 1.89 bits per heavy atom. The minimum Gasteiger partial charge on any atom is -0.370 e. The molecule has 2 N–H and O–H groups in total. The Labute approximate surface area is 108 Å². The van der Waals surface area contributed by atoms with Crippen LogP contribution in [0.3, 0.4) is 0 Å². The van der Waals surface area contributed by atoms with Crippen molar-refractivity contribution >= 4 is 17.4 Å². The van der Waals surface area contributed by atoms with Crippen molar-refractivity contribution in [3.05, 3.63) is 11.9 Å². The minimum absolute atomic E-state index is 0.173. The Kier molecular flexibility index (Phi) is 5.55. The van der Waals surface area contributed by atoms with Gasteiger partial charge in [-0.3, -0.25) is 4.79 Å². The van der Waals surface area contributed by atoms with E-state index in [1.54, 1.807) is 6.92 Å². The Morgan fingerprint density at radius 1 is 1.28 bits per heavy atom. The molecule has 1 rings (SSSR count). The van der Waals surface area contributed by atoms with Gasteiger partial charge in [-0.05, 0) is 19.8 Å². The van der Waals surface area contributed by atoms with E-state index in [-0.39, 0.29) is 5.78 Å². The van der Waals surface area contributed by atoms with Gasteiger partial charge in [-0.15, -0.1) is 0 Å². The van der Waals surface area contributed by atoms with E-state index in [0.717, 1.165) is 18.2 Å². The van der Waals surface area contributed by atoms with Gasteiger partial charge in [-0.1, -0.05) is 13.8 Å². The molecule has 0 amide bonds. The van der Waals surface area contributed by atoms with Crippen LogP contribution in [0.25, 0.3) is 0 Å². The molecule has 5 nitrogen and oxygen atoms in total. The lowest BCUT2D eigenvalue weighted by molar-refractivity contribution is -0.116. The lowest BCUT2D eigenvalue weighted by Crippen LogP contribution is -2.12. The molecule has 0 spiro atoms. The summed E-state index contributed by atoms with van der Waals surface area (Å²) in [7, 11) is 0. The molecule has 0 radical (unpaired) electrons. The van der Waals surface area contributed by atoms with Gasteiger partial charge in [-0.25, -0.2) is 9.97 Å². The maximum absolute atomic E-state index is 10.9. The molecule has 0 saturated heterocycles. The summed E-state index contributed by atoms with van der Waals surface area (Å²) in [6, 6.07) is 1.87. The minimum atomic E-state index is 0.173. The van der Waals surface area contributed by atoms with Crippen molar-refractivity contribution in [3.63, 3.8) is 0 Å². The van der Waals surface area contributed by atoms with E-state index in [9.17, 15) is 4.79 Å². The first-order valence-electron chi connectivity index (χ1n) is 6.30. The number of Topliss-reactive ketones (excluding diaryl/α,β-unsaturated/α-hetero) is 1. The summed E-state index contributed by atoms with van der Waals surface area (Å²) in [6.45, 7) is 9.22. The number of hydrogen-bond acceptors (Lipinski definition) is 5. The molecule has 1 aromatic heterocycles. The smallest absolute Gasteiger partial charge is 0.131 e. The summed E-state index contributed by atoms with van der Waals surface area (Å²) >= 11 is 0. The monoisotopic (exact) mass is 250 g/mol. The van der Waals surface area contributed by atoms with E-state index in [1.807, 2.05) is 13.0 Å². The number of carbonyl (C=O) groups excluding carboxylic acids is 1. The molecule has 0 aliphatic heterocycles.